The summed E-state index contributed by atoms with van der Waals surface area (Å²) in [7, 11) is 0. The Morgan fingerprint density at radius 1 is 1.20 bits per heavy atom. The minimum atomic E-state index is -5.19. The second-order valence-electron chi connectivity index (χ2n) is 0.785. The zero-order valence-corrected chi connectivity index (χ0v) is 8.95. The minimum absolute atomic E-state index is 0. The maximum Gasteiger partial charge on any atom is 1.00 e. The maximum absolute atomic E-state index is 10.5. The van der Waals surface area contributed by atoms with Gasteiger partial charge in [-0.2, -0.15) is 13.2 Å². The molecule has 0 aromatic rings. The first kappa shape index (κ1) is 22.5. The smallest absolute Gasteiger partial charge is 0.542 e. The summed E-state index contributed by atoms with van der Waals surface area (Å²) in [5.41, 5.74) is 0. The van der Waals surface area contributed by atoms with Crippen molar-refractivity contribution >= 4 is 14.4 Å². The second-order valence-corrected chi connectivity index (χ2v) is 0.785. The van der Waals surface area contributed by atoms with E-state index in [1.165, 1.54) is 0 Å². The predicted octanol–water partition coefficient (Wildman–Crippen LogP) is -8.14. The van der Waals surface area contributed by atoms with Crippen LogP contribution in [0.1, 0.15) is 0 Å². The van der Waals surface area contributed by atoms with Crippen LogP contribution in [-0.2, 0) is 4.79 Å². The molecule has 0 radical (unpaired) electrons. The molecule has 0 amide bonds. The molecule has 0 unspecified atom stereocenters. The van der Waals surface area contributed by atoms with Crippen molar-refractivity contribution in [2.24, 2.45) is 0 Å². The van der Waals surface area contributed by atoms with Crippen molar-refractivity contribution in [1.82, 2.24) is 0 Å². The molecule has 10 heavy (non-hydrogen) atoms. The van der Waals surface area contributed by atoms with Crippen LogP contribution in [0.5, 0.6) is 0 Å². The molecule has 0 bridgehead atoms. The van der Waals surface area contributed by atoms with Crippen molar-refractivity contribution in [1.29, 1.82) is 0 Å². The predicted molar refractivity (Wildman–Crippen MR) is 22.4 cm³/mol. The molecule has 0 aliphatic heterocycles. The summed E-state index contributed by atoms with van der Waals surface area (Å²) in [6.07, 6.45) is -5.19. The Hall–Kier alpha value is 1.32. The van der Waals surface area contributed by atoms with Crippen molar-refractivity contribution < 1.29 is 82.2 Å². The first-order valence-electron chi connectivity index (χ1n) is 1.23. The molecule has 0 aromatic heterocycles. The average molecular weight is 174 g/mol. The molecular weight excluding hydrogens is 170 g/mol. The topological polar surface area (TPSA) is 40.1 Å². The third-order valence-corrected chi connectivity index (χ3v) is 0.231. The van der Waals surface area contributed by atoms with Crippen molar-refractivity contribution in [3.8, 4) is 0 Å². The van der Waals surface area contributed by atoms with Crippen LogP contribution in [0, 0.1) is 0 Å². The fourth-order valence-electron chi connectivity index (χ4n) is 0. The zero-order valence-electron chi connectivity index (χ0n) is 4.95. The molecule has 0 rings (SSSR count). The van der Waals surface area contributed by atoms with Gasteiger partial charge in [0.15, 0.2) is 0 Å². The van der Waals surface area contributed by atoms with Crippen molar-refractivity contribution in [2.45, 2.75) is 6.18 Å². The van der Waals surface area contributed by atoms with Gasteiger partial charge in [-0.3, -0.25) is 0 Å². The molecule has 0 fully saturated rings. The average Bonchev–Trinajstić information content (AvgIpc) is 1.31. The van der Waals surface area contributed by atoms with Gasteiger partial charge in [-0.05, 0) is 0 Å². The zero-order chi connectivity index (χ0) is 6.08. The third kappa shape index (κ3) is 12.0. The molecular formula is C2H4BF3Na2O2. The van der Waals surface area contributed by atoms with Crippen LogP contribution in [0.15, 0.2) is 0 Å². The Balaban J connectivity index is -0.0000000600. The minimum Gasteiger partial charge on any atom is -0.542 e. The van der Waals surface area contributed by atoms with E-state index in [2.05, 4.69) is 0 Å². The Bertz CT molecular complexity index is 95.0. The fourth-order valence-corrected chi connectivity index (χ4v) is 0. The van der Waals surface area contributed by atoms with E-state index in [-0.39, 0.29) is 67.5 Å². The molecule has 0 aromatic carbocycles. The van der Waals surface area contributed by atoms with Gasteiger partial charge in [-0.25, -0.2) is 0 Å². The van der Waals surface area contributed by atoms with Gasteiger partial charge < -0.3 is 9.90 Å². The van der Waals surface area contributed by atoms with Crippen LogP contribution in [-0.4, -0.2) is 20.6 Å². The standard InChI is InChI=1S/C2HF3O2.BH4.2Na/c3-2(4,5)1(6)7;;;/h(H,6,7);1H4;;/q;-1;2*+1/p-1. The number of carboxylic acid groups (broad SMARTS) is 1. The first-order chi connectivity index (χ1) is 2.94. The quantitative estimate of drug-likeness (QED) is 0.342. The summed E-state index contributed by atoms with van der Waals surface area (Å²) in [4.78, 5) is 8.78. The van der Waals surface area contributed by atoms with Crippen LogP contribution in [0.25, 0.3) is 0 Å². The largest absolute Gasteiger partial charge is 1.00 e. The number of aliphatic carboxylic acids is 1. The Labute approximate surface area is 102 Å². The van der Waals surface area contributed by atoms with E-state index in [1.54, 1.807) is 0 Å². The van der Waals surface area contributed by atoms with E-state index in [0.717, 1.165) is 0 Å². The Morgan fingerprint density at radius 3 is 1.30 bits per heavy atom. The number of rotatable bonds is 0. The molecule has 0 aliphatic rings. The summed E-state index contributed by atoms with van der Waals surface area (Å²) in [5, 5.41) is 8.78. The van der Waals surface area contributed by atoms with Gasteiger partial charge in [0.1, 0.15) is 5.97 Å². The van der Waals surface area contributed by atoms with E-state index in [1.807, 2.05) is 0 Å². The Morgan fingerprint density at radius 2 is 1.30 bits per heavy atom. The van der Waals surface area contributed by atoms with Crippen molar-refractivity contribution in [3.05, 3.63) is 0 Å². The van der Waals surface area contributed by atoms with Gasteiger partial charge in [-0.1, -0.05) is 8.41 Å². The summed E-state index contributed by atoms with van der Waals surface area (Å²) in [5.74, 6) is -3.01. The first-order valence-corrected chi connectivity index (χ1v) is 1.23. The van der Waals surface area contributed by atoms with Crippen LogP contribution < -0.4 is 64.2 Å². The van der Waals surface area contributed by atoms with Crippen LogP contribution in [0.3, 0.4) is 0 Å². The summed E-state index contributed by atoms with van der Waals surface area (Å²) >= 11 is 0. The van der Waals surface area contributed by atoms with E-state index < -0.39 is 12.1 Å². The van der Waals surface area contributed by atoms with Gasteiger partial charge in [-0.15, -0.1) is 0 Å². The molecule has 0 atom stereocenters. The molecule has 0 heterocycles. The van der Waals surface area contributed by atoms with Crippen LogP contribution in [0.2, 0.25) is 0 Å². The molecule has 0 saturated heterocycles. The summed E-state index contributed by atoms with van der Waals surface area (Å²) in [6.45, 7) is 0. The monoisotopic (exact) mass is 174 g/mol. The number of alkyl halides is 3. The van der Waals surface area contributed by atoms with E-state index in [0.29, 0.717) is 0 Å². The van der Waals surface area contributed by atoms with Gasteiger partial charge in [0, 0.05) is 0 Å². The second kappa shape index (κ2) is 8.42. The van der Waals surface area contributed by atoms with E-state index in [4.69, 9.17) is 9.90 Å². The summed E-state index contributed by atoms with van der Waals surface area (Å²) < 4.78 is 31.5. The normalized spacial score (nSPS) is 7.90. The van der Waals surface area contributed by atoms with Gasteiger partial charge in [0.05, 0.1) is 0 Å². The van der Waals surface area contributed by atoms with Gasteiger partial charge in [0.25, 0.3) is 0 Å². The van der Waals surface area contributed by atoms with Crippen molar-refractivity contribution in [2.75, 3.05) is 0 Å². The fraction of sp³-hybridized carbons (Fsp3) is 0.500. The number of carbonyl (C=O) groups excluding carboxylic acids is 1. The number of halogens is 3. The van der Waals surface area contributed by atoms with Crippen molar-refractivity contribution in [3.63, 3.8) is 0 Å². The molecule has 0 N–H and O–H groups in total. The molecule has 2 nitrogen and oxygen atoms in total. The van der Waals surface area contributed by atoms with E-state index >= 15 is 0 Å². The van der Waals surface area contributed by atoms with Crippen LogP contribution in [0.4, 0.5) is 13.2 Å². The number of carbonyl (C=O) groups is 1. The summed E-state index contributed by atoms with van der Waals surface area (Å²) in [6, 6.07) is 0. The van der Waals surface area contributed by atoms with Gasteiger partial charge in [0.2, 0.25) is 0 Å². The number of hydrogen-bond acceptors (Lipinski definition) is 2. The number of carboxylic acids is 1. The SMILES string of the molecule is O=C([O-])C(F)(F)F.[BH4-].[Na+].[Na+]. The van der Waals surface area contributed by atoms with Gasteiger partial charge >= 0.3 is 65.3 Å². The Kier molecular flexibility index (Phi) is 18.9. The van der Waals surface area contributed by atoms with E-state index in [9.17, 15) is 13.2 Å². The molecule has 0 spiro atoms. The maximum atomic E-state index is 10.5. The third-order valence-electron chi connectivity index (χ3n) is 0.231. The molecule has 8 heteroatoms. The molecule has 50 valence electrons. The number of hydrogen-bond donors (Lipinski definition) is 0. The molecule has 0 aliphatic carbocycles. The molecule has 0 saturated carbocycles. The van der Waals surface area contributed by atoms with Crippen LogP contribution >= 0.6 is 0 Å².